The highest BCUT2D eigenvalue weighted by Gasteiger charge is 2.37. The van der Waals surface area contributed by atoms with Crippen molar-refractivity contribution in [2.45, 2.75) is 37.2 Å². The van der Waals surface area contributed by atoms with E-state index in [9.17, 15) is 27.9 Å². The molecule has 0 spiro atoms. The largest absolute Gasteiger partial charge is 0.481 e. The maximum Gasteiger partial charge on any atom is 0.416 e. The minimum Gasteiger partial charge on any atom is -0.481 e. The summed E-state index contributed by atoms with van der Waals surface area (Å²) in [4.78, 5) is 33.3. The van der Waals surface area contributed by atoms with Gasteiger partial charge in [-0.05, 0) is 37.1 Å². The quantitative estimate of drug-likeness (QED) is 0.509. The first-order valence-corrected chi connectivity index (χ1v) is 12.1. The zero-order chi connectivity index (χ0) is 26.6. The summed E-state index contributed by atoms with van der Waals surface area (Å²) in [7, 11) is 1.57. The first kappa shape index (κ1) is 26.7. The average Bonchev–Trinajstić information content (AvgIpc) is 3.26. The number of hydrogen-bond donors (Lipinski definition) is 3. The molecule has 0 aliphatic carbocycles. The highest BCUT2D eigenvalue weighted by atomic mass is 19.4. The first-order chi connectivity index (χ1) is 17.6. The minimum atomic E-state index is -4.57. The topological polar surface area (TPSA) is 107 Å². The number of amides is 2. The van der Waals surface area contributed by atoms with Crippen LogP contribution in [0, 0.1) is 0 Å². The SMILES string of the molecule is COc1ccc(N2CCC(N3C[C@@H](O)[C@H](NC(=O)CNC(=O)c4cccc(C(F)(F)F)c4)C3)CC2)cn1. The van der Waals surface area contributed by atoms with Gasteiger partial charge in [0.15, 0.2) is 0 Å². The van der Waals surface area contributed by atoms with Gasteiger partial charge in [-0.1, -0.05) is 6.07 Å². The zero-order valence-electron chi connectivity index (χ0n) is 20.4. The lowest BCUT2D eigenvalue weighted by molar-refractivity contribution is -0.137. The third-order valence-corrected chi connectivity index (χ3v) is 6.80. The number of hydrogen-bond acceptors (Lipinski definition) is 7. The molecule has 0 radical (unpaired) electrons. The predicted octanol–water partition coefficient (Wildman–Crippen LogP) is 1.67. The normalized spacial score (nSPS) is 21.1. The molecule has 0 unspecified atom stereocenters. The molecule has 4 rings (SSSR count). The summed E-state index contributed by atoms with van der Waals surface area (Å²) in [6, 6.07) is 7.56. The molecule has 1 aromatic carbocycles. The number of aromatic nitrogens is 1. The fourth-order valence-corrected chi connectivity index (χ4v) is 4.78. The molecule has 2 amide bonds. The van der Waals surface area contributed by atoms with Gasteiger partial charge in [0.1, 0.15) is 0 Å². The van der Waals surface area contributed by atoms with Crippen LogP contribution in [0.5, 0.6) is 5.88 Å². The number of anilines is 1. The maximum absolute atomic E-state index is 12.9. The highest BCUT2D eigenvalue weighted by Crippen LogP contribution is 2.29. The molecule has 3 heterocycles. The molecule has 12 heteroatoms. The predicted molar refractivity (Wildman–Crippen MR) is 129 cm³/mol. The van der Waals surface area contributed by atoms with Gasteiger partial charge in [0.25, 0.3) is 5.91 Å². The van der Waals surface area contributed by atoms with Gasteiger partial charge >= 0.3 is 6.18 Å². The molecule has 2 aromatic rings. The molecule has 2 saturated heterocycles. The van der Waals surface area contributed by atoms with Crippen LogP contribution in [0.15, 0.2) is 42.6 Å². The van der Waals surface area contributed by atoms with E-state index < -0.39 is 42.2 Å². The lowest BCUT2D eigenvalue weighted by Crippen LogP contribution is -2.48. The first-order valence-electron chi connectivity index (χ1n) is 12.1. The summed E-state index contributed by atoms with van der Waals surface area (Å²) in [5.41, 5.74) is -0.102. The van der Waals surface area contributed by atoms with E-state index in [0.29, 0.717) is 19.0 Å². The number of carbonyl (C=O) groups excluding carboxylic acids is 2. The lowest BCUT2D eigenvalue weighted by Gasteiger charge is -2.37. The fourth-order valence-electron chi connectivity index (χ4n) is 4.78. The van der Waals surface area contributed by atoms with Crippen molar-refractivity contribution in [3.8, 4) is 5.88 Å². The minimum absolute atomic E-state index is 0.188. The van der Waals surface area contributed by atoms with Crippen LogP contribution in [-0.2, 0) is 11.0 Å². The summed E-state index contributed by atoms with van der Waals surface area (Å²) in [5.74, 6) is -0.741. The van der Waals surface area contributed by atoms with Gasteiger partial charge in [0, 0.05) is 43.9 Å². The Bertz CT molecular complexity index is 1090. The van der Waals surface area contributed by atoms with E-state index in [4.69, 9.17) is 4.74 Å². The number of benzene rings is 1. The van der Waals surface area contributed by atoms with Gasteiger partial charge in [-0.15, -0.1) is 0 Å². The number of alkyl halides is 3. The molecule has 3 N–H and O–H groups in total. The number of ether oxygens (including phenoxy) is 1. The molecule has 200 valence electrons. The Kier molecular flexibility index (Phi) is 8.18. The number of rotatable bonds is 7. The Hall–Kier alpha value is -3.38. The van der Waals surface area contributed by atoms with Crippen molar-refractivity contribution in [3.63, 3.8) is 0 Å². The molecule has 2 aliphatic heterocycles. The van der Waals surface area contributed by atoms with Crippen LogP contribution in [0.4, 0.5) is 18.9 Å². The number of β-amino-alcohol motifs (C(OH)–C–C–N with tert-alkyl or cyclic N) is 1. The third kappa shape index (κ3) is 6.69. The number of nitrogens with one attached hydrogen (secondary N) is 2. The van der Waals surface area contributed by atoms with Crippen molar-refractivity contribution in [3.05, 3.63) is 53.7 Å². The van der Waals surface area contributed by atoms with Crippen LogP contribution in [0.25, 0.3) is 0 Å². The number of likely N-dealkylation sites (tertiary alicyclic amines) is 1. The number of piperidine rings is 1. The maximum atomic E-state index is 12.9. The number of nitrogens with zero attached hydrogens (tertiary/aromatic N) is 3. The van der Waals surface area contributed by atoms with Gasteiger partial charge in [0.2, 0.25) is 11.8 Å². The van der Waals surface area contributed by atoms with Crippen LogP contribution in [0.2, 0.25) is 0 Å². The molecule has 0 saturated carbocycles. The Morgan fingerprint density at radius 1 is 1.16 bits per heavy atom. The molecule has 9 nitrogen and oxygen atoms in total. The van der Waals surface area contributed by atoms with Gasteiger partial charge in [0.05, 0.1) is 43.2 Å². The van der Waals surface area contributed by atoms with E-state index in [1.54, 1.807) is 13.3 Å². The van der Waals surface area contributed by atoms with E-state index in [2.05, 4.69) is 25.4 Å². The Morgan fingerprint density at radius 2 is 1.92 bits per heavy atom. The number of aliphatic hydroxyl groups is 1. The summed E-state index contributed by atoms with van der Waals surface area (Å²) in [6.07, 6.45) is -1.75. The number of aliphatic hydroxyl groups excluding tert-OH is 1. The number of halogens is 3. The molecule has 37 heavy (non-hydrogen) atoms. The van der Waals surface area contributed by atoms with Crippen LogP contribution in [-0.4, -0.2) is 84.8 Å². The smallest absolute Gasteiger partial charge is 0.416 e. The second kappa shape index (κ2) is 11.3. The number of pyridine rings is 1. The Balaban J connectivity index is 1.22. The van der Waals surface area contributed by atoms with Crippen molar-refractivity contribution in [2.24, 2.45) is 0 Å². The molecule has 2 aliphatic rings. The molecular weight excluding hydrogens is 491 g/mol. The van der Waals surface area contributed by atoms with Crippen LogP contribution in [0.1, 0.15) is 28.8 Å². The average molecular weight is 522 g/mol. The second-order valence-corrected chi connectivity index (χ2v) is 9.23. The Morgan fingerprint density at radius 3 is 2.57 bits per heavy atom. The summed E-state index contributed by atoms with van der Waals surface area (Å²) >= 11 is 0. The second-order valence-electron chi connectivity index (χ2n) is 9.23. The monoisotopic (exact) mass is 521 g/mol. The van der Waals surface area contributed by atoms with E-state index in [0.717, 1.165) is 49.8 Å². The van der Waals surface area contributed by atoms with Crippen molar-refractivity contribution >= 4 is 17.5 Å². The molecule has 2 fully saturated rings. The number of methoxy groups -OCH3 is 1. The highest BCUT2D eigenvalue weighted by molar-refractivity contribution is 5.96. The number of carbonyl (C=O) groups is 2. The zero-order valence-corrected chi connectivity index (χ0v) is 20.4. The van der Waals surface area contributed by atoms with Gasteiger partial charge in [-0.3, -0.25) is 14.5 Å². The van der Waals surface area contributed by atoms with Crippen molar-refractivity contribution in [1.82, 2.24) is 20.5 Å². The summed E-state index contributed by atoms with van der Waals surface area (Å²) in [6.45, 7) is 2.17. The fraction of sp³-hybridized carbons (Fsp3) is 0.480. The van der Waals surface area contributed by atoms with Crippen LogP contribution in [0.3, 0.4) is 0 Å². The van der Waals surface area contributed by atoms with Gasteiger partial charge < -0.3 is 25.4 Å². The van der Waals surface area contributed by atoms with Crippen molar-refractivity contribution in [2.75, 3.05) is 44.7 Å². The van der Waals surface area contributed by atoms with Gasteiger partial charge in [-0.2, -0.15) is 13.2 Å². The summed E-state index contributed by atoms with van der Waals surface area (Å²) in [5, 5.41) is 15.6. The Labute approximate surface area is 212 Å². The van der Waals surface area contributed by atoms with Gasteiger partial charge in [-0.25, -0.2) is 4.98 Å². The molecule has 0 bridgehead atoms. The molecular formula is C25H30F3N5O4. The van der Waals surface area contributed by atoms with Crippen LogP contribution < -0.4 is 20.3 Å². The van der Waals surface area contributed by atoms with Crippen molar-refractivity contribution < 1.29 is 32.6 Å². The summed E-state index contributed by atoms with van der Waals surface area (Å²) < 4.78 is 43.7. The van der Waals surface area contributed by atoms with Crippen LogP contribution >= 0.6 is 0 Å². The van der Waals surface area contributed by atoms with E-state index in [1.165, 1.54) is 6.07 Å². The van der Waals surface area contributed by atoms with E-state index in [-0.39, 0.29) is 11.6 Å². The molecule has 1 aromatic heterocycles. The van der Waals surface area contributed by atoms with E-state index >= 15 is 0 Å². The lowest BCUT2D eigenvalue weighted by atomic mass is 10.0. The third-order valence-electron chi connectivity index (χ3n) is 6.80. The van der Waals surface area contributed by atoms with Crippen molar-refractivity contribution in [1.29, 1.82) is 0 Å². The van der Waals surface area contributed by atoms with E-state index in [1.807, 2.05) is 12.1 Å². The standard InChI is InChI=1S/C25H30F3N5O4/c1-37-23-6-5-19(12-29-23)32-9-7-18(8-10-32)33-14-20(21(34)15-33)31-22(35)13-30-24(36)16-3-2-4-17(11-16)25(26,27)28/h2-6,11-12,18,20-21,34H,7-10,13-15H2,1H3,(H,30,36)(H,31,35)/t20-,21-/m1/s1. The molecule has 2 atom stereocenters.